The van der Waals surface area contributed by atoms with Crippen molar-refractivity contribution in [3.63, 3.8) is 0 Å². The number of carbonyl (C=O) groups excluding carboxylic acids is 2. The van der Waals surface area contributed by atoms with Crippen LogP contribution in [-0.2, 0) is 18.7 Å². The molecule has 1 atom stereocenters. The number of carbonyl (C=O) groups is 2. The van der Waals surface area contributed by atoms with Gasteiger partial charge in [-0.25, -0.2) is 9.59 Å². The first kappa shape index (κ1) is 34.7. The first-order valence-electron chi connectivity index (χ1n) is 15.8. The van der Waals surface area contributed by atoms with Gasteiger partial charge in [-0.2, -0.15) is 0 Å². The lowest BCUT2D eigenvalue weighted by molar-refractivity contribution is -0.149. The van der Waals surface area contributed by atoms with Gasteiger partial charge in [-0.15, -0.1) is 0 Å². The van der Waals surface area contributed by atoms with Gasteiger partial charge in [0.2, 0.25) is 0 Å². The molecule has 0 heterocycles. The van der Waals surface area contributed by atoms with Crippen LogP contribution in [0.3, 0.4) is 0 Å². The van der Waals surface area contributed by atoms with Gasteiger partial charge in [-0.3, -0.25) is 0 Å². The van der Waals surface area contributed by atoms with Gasteiger partial charge in [0.1, 0.15) is 11.6 Å². The molecule has 6 nitrogen and oxygen atoms in total. The minimum atomic E-state index is -2.77. The molecule has 4 aromatic carbocycles. The van der Waals surface area contributed by atoms with Gasteiger partial charge in [0.05, 0.1) is 0 Å². The lowest BCUT2D eigenvalue weighted by Gasteiger charge is -2.43. The molecule has 1 N–H and O–H groups in total. The molecule has 1 radical (unpaired) electrons. The standard InChI is InChI=1S/C39H46NO5Si/c1-38(2,3)45-37(42)40-34(36(41)44-35(30-20-11-7-12-21-30)31-22-13-8-14-23-31)28-19-29-43-46(39(4,5)6,32-24-15-9-16-25-32)33-26-17-10-18-27-33/h7-18,20-28,34-35H,19,29H2,1-6H3,(H,40,42). The zero-order chi connectivity index (χ0) is 33.2. The van der Waals surface area contributed by atoms with Crippen molar-refractivity contribution in [3.8, 4) is 0 Å². The lowest BCUT2D eigenvalue weighted by Crippen LogP contribution is -2.66. The van der Waals surface area contributed by atoms with E-state index in [2.05, 4.69) is 50.4 Å². The summed E-state index contributed by atoms with van der Waals surface area (Å²) >= 11 is 0. The zero-order valence-electron chi connectivity index (χ0n) is 27.7. The second-order valence-electron chi connectivity index (χ2n) is 13.3. The normalized spacial score (nSPS) is 12.8. The van der Waals surface area contributed by atoms with Crippen molar-refractivity contribution in [2.45, 2.75) is 70.7 Å². The highest BCUT2D eigenvalue weighted by molar-refractivity contribution is 6.99. The predicted octanol–water partition coefficient (Wildman–Crippen LogP) is 7.38. The first-order chi connectivity index (χ1) is 21.9. The van der Waals surface area contributed by atoms with Crippen molar-refractivity contribution in [1.29, 1.82) is 0 Å². The Morgan fingerprint density at radius 1 is 0.696 bits per heavy atom. The molecule has 4 rings (SSSR count). The fraction of sp³-hybridized carbons (Fsp3) is 0.308. The summed E-state index contributed by atoms with van der Waals surface area (Å²) in [5.74, 6) is -0.589. The maximum Gasteiger partial charge on any atom is 0.408 e. The van der Waals surface area contributed by atoms with E-state index in [4.69, 9.17) is 13.9 Å². The second-order valence-corrected chi connectivity index (χ2v) is 17.6. The van der Waals surface area contributed by atoms with E-state index in [0.29, 0.717) is 13.0 Å². The van der Waals surface area contributed by atoms with Gasteiger partial charge < -0.3 is 19.2 Å². The molecule has 0 saturated heterocycles. The number of nitrogens with one attached hydrogen (secondary N) is 1. The highest BCUT2D eigenvalue weighted by Crippen LogP contribution is 2.37. The fourth-order valence-corrected chi connectivity index (χ4v) is 10.2. The molecule has 1 unspecified atom stereocenters. The average molecular weight is 637 g/mol. The molecule has 0 spiro atoms. The van der Waals surface area contributed by atoms with Crippen LogP contribution in [0.2, 0.25) is 5.04 Å². The SMILES string of the molecule is CC(C)(C)OC(=O)NC([CH]CCO[Si](c1ccccc1)(c1ccccc1)C(C)(C)C)C(=O)OC(c1ccccc1)c1ccccc1. The highest BCUT2D eigenvalue weighted by Gasteiger charge is 2.50. The minimum absolute atomic E-state index is 0.193. The molecule has 0 aromatic heterocycles. The Hall–Kier alpha value is -4.20. The van der Waals surface area contributed by atoms with Crippen molar-refractivity contribution in [2.24, 2.45) is 0 Å². The van der Waals surface area contributed by atoms with Crippen LogP contribution in [0.15, 0.2) is 121 Å². The first-order valence-corrected chi connectivity index (χ1v) is 17.7. The molecule has 1 amide bonds. The molecule has 0 aliphatic carbocycles. The van der Waals surface area contributed by atoms with Crippen LogP contribution in [0.4, 0.5) is 4.79 Å². The molecular formula is C39H46NO5Si. The number of esters is 1. The third-order valence-electron chi connectivity index (χ3n) is 7.62. The van der Waals surface area contributed by atoms with E-state index in [1.807, 2.05) is 97.1 Å². The van der Waals surface area contributed by atoms with E-state index in [1.54, 1.807) is 27.2 Å². The Labute approximate surface area is 275 Å². The molecule has 0 bridgehead atoms. The van der Waals surface area contributed by atoms with E-state index >= 15 is 0 Å². The summed E-state index contributed by atoms with van der Waals surface area (Å²) < 4.78 is 18.7. The fourth-order valence-electron chi connectivity index (χ4n) is 5.63. The Bertz CT molecular complexity index is 1440. The minimum Gasteiger partial charge on any atom is -0.451 e. The number of hydrogen-bond acceptors (Lipinski definition) is 5. The second kappa shape index (κ2) is 15.4. The molecule has 0 saturated carbocycles. The molecule has 46 heavy (non-hydrogen) atoms. The summed E-state index contributed by atoms with van der Waals surface area (Å²) in [6.07, 6.45) is 0.785. The molecule has 0 aliphatic heterocycles. The van der Waals surface area contributed by atoms with Gasteiger partial charge in [0.15, 0.2) is 6.10 Å². The summed E-state index contributed by atoms with van der Waals surface area (Å²) in [4.78, 5) is 26.7. The van der Waals surface area contributed by atoms with E-state index in [1.165, 1.54) is 10.4 Å². The van der Waals surface area contributed by atoms with Crippen molar-refractivity contribution in [1.82, 2.24) is 5.32 Å². The summed E-state index contributed by atoms with van der Waals surface area (Å²) in [6, 6.07) is 38.9. The van der Waals surface area contributed by atoms with E-state index in [-0.39, 0.29) is 5.04 Å². The van der Waals surface area contributed by atoms with Crippen molar-refractivity contribution in [2.75, 3.05) is 6.61 Å². The number of amides is 1. The van der Waals surface area contributed by atoms with E-state index < -0.39 is 38.1 Å². The maximum absolute atomic E-state index is 13.8. The molecule has 241 valence electrons. The van der Waals surface area contributed by atoms with E-state index in [0.717, 1.165) is 11.1 Å². The quantitative estimate of drug-likeness (QED) is 0.0998. The topological polar surface area (TPSA) is 73.9 Å². The summed E-state index contributed by atoms with van der Waals surface area (Å²) in [6.45, 7) is 12.3. The monoisotopic (exact) mass is 636 g/mol. The third kappa shape index (κ3) is 8.95. The smallest absolute Gasteiger partial charge is 0.408 e. The number of alkyl carbamates (subject to hydrolysis) is 1. The third-order valence-corrected chi connectivity index (χ3v) is 12.7. The van der Waals surface area contributed by atoms with Crippen LogP contribution < -0.4 is 15.7 Å². The Kier molecular flexibility index (Phi) is 11.6. The molecular weight excluding hydrogens is 591 g/mol. The van der Waals surface area contributed by atoms with Gasteiger partial charge in [0, 0.05) is 6.61 Å². The number of hydrogen-bond donors (Lipinski definition) is 1. The van der Waals surface area contributed by atoms with Crippen LogP contribution >= 0.6 is 0 Å². The van der Waals surface area contributed by atoms with Crippen LogP contribution in [-0.4, -0.2) is 38.6 Å². The van der Waals surface area contributed by atoms with Gasteiger partial charge in [0.25, 0.3) is 8.32 Å². The lowest BCUT2D eigenvalue weighted by atomic mass is 10.0. The molecule has 0 aliphatic rings. The Morgan fingerprint density at radius 3 is 1.54 bits per heavy atom. The van der Waals surface area contributed by atoms with Gasteiger partial charge >= 0.3 is 12.1 Å². The van der Waals surface area contributed by atoms with Crippen molar-refractivity contribution < 1.29 is 23.5 Å². The number of ether oxygens (including phenoxy) is 2. The predicted molar refractivity (Wildman–Crippen MR) is 186 cm³/mol. The Morgan fingerprint density at radius 2 is 1.13 bits per heavy atom. The summed E-state index contributed by atoms with van der Waals surface area (Å²) in [7, 11) is -2.77. The summed E-state index contributed by atoms with van der Waals surface area (Å²) in [5.41, 5.74) is 0.919. The summed E-state index contributed by atoms with van der Waals surface area (Å²) in [5, 5.41) is 4.89. The number of benzene rings is 4. The largest absolute Gasteiger partial charge is 0.451 e. The van der Waals surface area contributed by atoms with E-state index in [9.17, 15) is 9.59 Å². The Balaban J connectivity index is 1.58. The molecule has 0 fully saturated rings. The van der Waals surface area contributed by atoms with Crippen LogP contribution in [0.5, 0.6) is 0 Å². The number of rotatable bonds is 12. The molecule has 4 aromatic rings. The van der Waals surface area contributed by atoms with Gasteiger partial charge in [-0.05, 0) is 60.2 Å². The van der Waals surface area contributed by atoms with Crippen LogP contribution in [0.25, 0.3) is 0 Å². The van der Waals surface area contributed by atoms with Gasteiger partial charge in [-0.1, -0.05) is 142 Å². The zero-order valence-corrected chi connectivity index (χ0v) is 28.7. The molecule has 7 heteroatoms. The maximum atomic E-state index is 13.8. The van der Waals surface area contributed by atoms with Crippen molar-refractivity contribution >= 4 is 30.8 Å². The van der Waals surface area contributed by atoms with Crippen molar-refractivity contribution in [3.05, 3.63) is 139 Å². The highest BCUT2D eigenvalue weighted by atomic mass is 28.4. The average Bonchev–Trinajstić information content (AvgIpc) is 3.03. The van der Waals surface area contributed by atoms with Crippen LogP contribution in [0, 0.1) is 6.42 Å². The van der Waals surface area contributed by atoms with Crippen LogP contribution in [0.1, 0.15) is 65.2 Å².